The van der Waals surface area contributed by atoms with E-state index in [2.05, 4.69) is 17.0 Å². The van der Waals surface area contributed by atoms with Crippen LogP contribution in [0.15, 0.2) is 29.2 Å². The average Bonchev–Trinajstić information content (AvgIpc) is 2.36. The number of ether oxygens (including phenoxy) is 1. The van der Waals surface area contributed by atoms with E-state index in [4.69, 9.17) is 0 Å². The van der Waals surface area contributed by atoms with Crippen LogP contribution in [0.5, 0.6) is 0 Å². The zero-order valence-electron chi connectivity index (χ0n) is 10.8. The van der Waals surface area contributed by atoms with Crippen molar-refractivity contribution in [2.45, 2.75) is 31.0 Å². The average molecular weight is 293 g/mol. The van der Waals surface area contributed by atoms with E-state index < -0.39 is 12.8 Å². The van der Waals surface area contributed by atoms with E-state index in [0.29, 0.717) is 0 Å². The van der Waals surface area contributed by atoms with Gasteiger partial charge in [-0.05, 0) is 30.7 Å². The summed E-state index contributed by atoms with van der Waals surface area (Å²) in [7, 11) is 0. The number of thioether (sulfide) groups is 1. The molecule has 0 saturated carbocycles. The van der Waals surface area contributed by atoms with Gasteiger partial charge in [-0.2, -0.15) is 13.2 Å². The molecule has 0 spiro atoms. The van der Waals surface area contributed by atoms with E-state index in [0.717, 1.165) is 30.0 Å². The predicted molar refractivity (Wildman–Crippen MR) is 71.2 cm³/mol. The standard InChI is InChI=1S/C13H18F3NOS/c1-2-7-17-8-11-3-5-12(6-4-11)19-10-18-9-13(14,15)16/h3-6,17H,2,7-10H2,1H3. The Labute approximate surface area is 115 Å². The molecule has 0 aliphatic heterocycles. The number of hydrogen-bond acceptors (Lipinski definition) is 3. The fourth-order valence-corrected chi connectivity index (χ4v) is 2.01. The van der Waals surface area contributed by atoms with Gasteiger partial charge in [0, 0.05) is 11.4 Å². The normalized spacial score (nSPS) is 11.8. The molecule has 0 unspecified atom stereocenters. The first-order chi connectivity index (χ1) is 9.01. The second-order valence-corrected chi connectivity index (χ2v) is 5.04. The molecule has 1 aromatic carbocycles. The molecular weight excluding hydrogens is 275 g/mol. The summed E-state index contributed by atoms with van der Waals surface area (Å²) in [5.41, 5.74) is 1.16. The van der Waals surface area contributed by atoms with Crippen LogP contribution in [0.25, 0.3) is 0 Å². The third-order valence-corrected chi connectivity index (χ3v) is 3.14. The lowest BCUT2D eigenvalue weighted by molar-refractivity contribution is -0.168. The van der Waals surface area contributed by atoms with Crippen molar-refractivity contribution in [2.75, 3.05) is 19.1 Å². The molecule has 1 N–H and O–H groups in total. The second kappa shape index (κ2) is 8.45. The van der Waals surface area contributed by atoms with Gasteiger partial charge in [0.1, 0.15) is 6.61 Å². The highest BCUT2D eigenvalue weighted by Crippen LogP contribution is 2.20. The monoisotopic (exact) mass is 293 g/mol. The molecule has 0 atom stereocenters. The van der Waals surface area contributed by atoms with Crippen LogP contribution in [0.2, 0.25) is 0 Å². The Hall–Kier alpha value is -0.720. The Kier molecular flexibility index (Phi) is 7.27. The number of halogens is 3. The van der Waals surface area contributed by atoms with E-state index in [1.54, 1.807) is 0 Å². The van der Waals surface area contributed by atoms with Crippen LogP contribution in [0.4, 0.5) is 13.2 Å². The van der Waals surface area contributed by atoms with Crippen molar-refractivity contribution in [3.05, 3.63) is 29.8 Å². The van der Waals surface area contributed by atoms with Crippen molar-refractivity contribution < 1.29 is 17.9 Å². The summed E-state index contributed by atoms with van der Waals surface area (Å²) in [5, 5.41) is 3.28. The lowest BCUT2D eigenvalue weighted by Crippen LogP contribution is -2.16. The van der Waals surface area contributed by atoms with Gasteiger partial charge in [-0.1, -0.05) is 30.8 Å². The van der Waals surface area contributed by atoms with Gasteiger partial charge in [0.25, 0.3) is 0 Å². The van der Waals surface area contributed by atoms with Gasteiger partial charge in [0.2, 0.25) is 0 Å². The molecule has 0 aliphatic carbocycles. The minimum absolute atomic E-state index is 0.00689. The van der Waals surface area contributed by atoms with Gasteiger partial charge in [-0.25, -0.2) is 0 Å². The Morgan fingerprint density at radius 1 is 1.21 bits per heavy atom. The number of rotatable bonds is 8. The van der Waals surface area contributed by atoms with E-state index in [-0.39, 0.29) is 5.94 Å². The molecule has 1 rings (SSSR count). The van der Waals surface area contributed by atoms with Crippen molar-refractivity contribution >= 4 is 11.8 Å². The highest BCUT2D eigenvalue weighted by molar-refractivity contribution is 7.99. The maximum absolute atomic E-state index is 11.8. The molecule has 6 heteroatoms. The minimum Gasteiger partial charge on any atom is -0.361 e. The van der Waals surface area contributed by atoms with Crippen LogP contribution in [0.1, 0.15) is 18.9 Å². The molecule has 0 aliphatic rings. The van der Waals surface area contributed by atoms with Crippen molar-refractivity contribution in [1.29, 1.82) is 0 Å². The molecule has 108 valence electrons. The maximum atomic E-state index is 11.8. The van der Waals surface area contributed by atoms with Crippen molar-refractivity contribution in [3.8, 4) is 0 Å². The SMILES string of the molecule is CCCNCc1ccc(SCOCC(F)(F)F)cc1. The highest BCUT2D eigenvalue weighted by atomic mass is 32.2. The summed E-state index contributed by atoms with van der Waals surface area (Å²) in [6.45, 7) is 2.69. The Balaban J connectivity index is 2.24. The number of alkyl halides is 3. The van der Waals surface area contributed by atoms with Crippen LogP contribution in [0, 0.1) is 0 Å². The predicted octanol–water partition coefficient (Wildman–Crippen LogP) is 3.81. The highest BCUT2D eigenvalue weighted by Gasteiger charge is 2.27. The third kappa shape index (κ3) is 8.13. The topological polar surface area (TPSA) is 21.3 Å². The summed E-state index contributed by atoms with van der Waals surface area (Å²) in [6, 6.07) is 7.72. The van der Waals surface area contributed by atoms with Gasteiger partial charge in [0.05, 0.1) is 5.94 Å². The lowest BCUT2D eigenvalue weighted by Gasteiger charge is -2.08. The van der Waals surface area contributed by atoms with Gasteiger partial charge in [-0.3, -0.25) is 0 Å². The molecule has 0 heterocycles. The molecule has 1 aromatic rings. The Morgan fingerprint density at radius 3 is 2.47 bits per heavy atom. The van der Waals surface area contributed by atoms with Crippen LogP contribution >= 0.6 is 11.8 Å². The molecule has 19 heavy (non-hydrogen) atoms. The Bertz CT molecular complexity index is 354. The quantitative estimate of drug-likeness (QED) is 0.447. The molecule has 0 fully saturated rings. The van der Waals surface area contributed by atoms with Crippen molar-refractivity contribution in [2.24, 2.45) is 0 Å². The maximum Gasteiger partial charge on any atom is 0.411 e. The van der Waals surface area contributed by atoms with E-state index >= 15 is 0 Å². The third-order valence-electron chi connectivity index (χ3n) is 2.25. The van der Waals surface area contributed by atoms with Crippen LogP contribution in [0.3, 0.4) is 0 Å². The molecule has 0 radical (unpaired) electrons. The molecule has 0 saturated heterocycles. The van der Waals surface area contributed by atoms with E-state index in [9.17, 15) is 13.2 Å². The van der Waals surface area contributed by atoms with E-state index in [1.165, 1.54) is 11.8 Å². The van der Waals surface area contributed by atoms with Crippen molar-refractivity contribution in [3.63, 3.8) is 0 Å². The first kappa shape index (κ1) is 16.3. The van der Waals surface area contributed by atoms with Crippen LogP contribution in [-0.4, -0.2) is 25.3 Å². The lowest BCUT2D eigenvalue weighted by atomic mass is 10.2. The van der Waals surface area contributed by atoms with Crippen LogP contribution < -0.4 is 5.32 Å². The van der Waals surface area contributed by atoms with E-state index in [1.807, 2.05) is 24.3 Å². The summed E-state index contributed by atoms with van der Waals surface area (Å²) in [4.78, 5) is 0.904. The fourth-order valence-electron chi connectivity index (χ4n) is 1.38. The van der Waals surface area contributed by atoms with Gasteiger partial charge < -0.3 is 10.1 Å². The summed E-state index contributed by atoms with van der Waals surface area (Å²) in [6.07, 6.45) is -3.17. The first-order valence-corrected chi connectivity index (χ1v) is 7.07. The van der Waals surface area contributed by atoms with Gasteiger partial charge >= 0.3 is 6.18 Å². The zero-order chi connectivity index (χ0) is 14.1. The Morgan fingerprint density at radius 2 is 1.89 bits per heavy atom. The molecule has 0 bridgehead atoms. The molecule has 2 nitrogen and oxygen atoms in total. The van der Waals surface area contributed by atoms with Gasteiger partial charge in [0.15, 0.2) is 0 Å². The molecular formula is C13H18F3NOS. The van der Waals surface area contributed by atoms with Gasteiger partial charge in [-0.15, -0.1) is 0 Å². The largest absolute Gasteiger partial charge is 0.411 e. The number of nitrogens with one attached hydrogen (secondary N) is 1. The summed E-state index contributed by atoms with van der Waals surface area (Å²) >= 11 is 1.26. The first-order valence-electron chi connectivity index (χ1n) is 6.08. The molecule has 0 aromatic heterocycles. The smallest absolute Gasteiger partial charge is 0.361 e. The summed E-state index contributed by atoms with van der Waals surface area (Å²) < 4.78 is 40.1. The number of benzene rings is 1. The number of hydrogen-bond donors (Lipinski definition) is 1. The van der Waals surface area contributed by atoms with Crippen LogP contribution in [-0.2, 0) is 11.3 Å². The molecule has 0 amide bonds. The zero-order valence-corrected chi connectivity index (χ0v) is 11.6. The van der Waals surface area contributed by atoms with Crippen molar-refractivity contribution in [1.82, 2.24) is 5.32 Å². The fraction of sp³-hybridized carbons (Fsp3) is 0.538. The second-order valence-electron chi connectivity index (χ2n) is 4.05. The minimum atomic E-state index is -4.25. The summed E-state index contributed by atoms with van der Waals surface area (Å²) in [5.74, 6) is 0.00689.